The summed E-state index contributed by atoms with van der Waals surface area (Å²) in [6, 6.07) is 0.223. The van der Waals surface area contributed by atoms with Crippen LogP contribution in [-0.2, 0) is 0 Å². The van der Waals surface area contributed by atoms with E-state index in [9.17, 15) is 19.8 Å². The number of hydrogen-bond donors (Lipinski definition) is 3. The summed E-state index contributed by atoms with van der Waals surface area (Å²) in [7, 11) is 1.41. The molecule has 3 fully saturated rings. The number of anilines is 1. The molecular formula is C21H24FN3O5. The maximum absolute atomic E-state index is 15.5. The molecule has 160 valence electrons. The Bertz CT molecular complexity index is 1100. The minimum Gasteiger partial charge on any atom is -0.504 e. The zero-order chi connectivity index (χ0) is 21.2. The summed E-state index contributed by atoms with van der Waals surface area (Å²) < 4.78 is 22.8. The number of carboxylic acid groups (broad SMARTS) is 1. The number of aromatic carboxylic acids is 1. The van der Waals surface area contributed by atoms with Crippen molar-refractivity contribution in [2.45, 2.75) is 37.8 Å². The summed E-state index contributed by atoms with van der Waals surface area (Å²) in [5.41, 5.74) is -1.01. The zero-order valence-electron chi connectivity index (χ0n) is 16.7. The Morgan fingerprint density at radius 2 is 2.07 bits per heavy atom. The monoisotopic (exact) mass is 417 g/mol. The predicted octanol–water partition coefficient (Wildman–Crippen LogP) is 2.08. The third kappa shape index (κ3) is 2.75. The highest BCUT2D eigenvalue weighted by molar-refractivity contribution is 6.00. The second-order valence-corrected chi connectivity index (χ2v) is 8.45. The fraction of sp³-hybridized carbons (Fsp3) is 0.524. The van der Waals surface area contributed by atoms with E-state index >= 15 is 4.39 Å². The molecule has 9 heteroatoms. The number of carboxylic acids is 1. The Hall–Kier alpha value is -2.81. The summed E-state index contributed by atoms with van der Waals surface area (Å²) >= 11 is 0. The van der Waals surface area contributed by atoms with Gasteiger partial charge < -0.3 is 29.7 Å². The molecule has 3 aliphatic rings. The number of nitrogens with one attached hydrogen (secondary N) is 1. The van der Waals surface area contributed by atoms with Crippen LogP contribution in [0.2, 0.25) is 0 Å². The van der Waals surface area contributed by atoms with Crippen molar-refractivity contribution < 1.29 is 24.1 Å². The number of phenolic OH excluding ortho intramolecular Hbond substituents is 1. The van der Waals surface area contributed by atoms with Crippen molar-refractivity contribution in [3.8, 4) is 11.5 Å². The first-order chi connectivity index (χ1) is 14.4. The van der Waals surface area contributed by atoms with Gasteiger partial charge in [0, 0.05) is 31.4 Å². The van der Waals surface area contributed by atoms with Crippen molar-refractivity contribution in [3.63, 3.8) is 0 Å². The number of ether oxygens (including phenoxy) is 1. The molecule has 0 radical (unpaired) electrons. The van der Waals surface area contributed by atoms with Gasteiger partial charge in [0.25, 0.3) is 0 Å². The van der Waals surface area contributed by atoms with E-state index in [1.807, 2.05) is 4.90 Å². The molecule has 1 aliphatic carbocycles. The number of aromatic hydroxyl groups is 1. The van der Waals surface area contributed by atoms with Crippen molar-refractivity contribution in [1.82, 2.24) is 9.88 Å². The average Bonchev–Trinajstić information content (AvgIpc) is 3.48. The fourth-order valence-corrected chi connectivity index (χ4v) is 5.02. The van der Waals surface area contributed by atoms with Gasteiger partial charge in [-0.25, -0.2) is 9.18 Å². The third-order valence-electron chi connectivity index (χ3n) is 6.61. The van der Waals surface area contributed by atoms with Crippen LogP contribution in [0.25, 0.3) is 10.9 Å². The highest BCUT2D eigenvalue weighted by atomic mass is 19.1. The second-order valence-electron chi connectivity index (χ2n) is 8.45. The van der Waals surface area contributed by atoms with E-state index in [4.69, 9.17) is 4.74 Å². The van der Waals surface area contributed by atoms with E-state index in [1.54, 1.807) is 4.57 Å². The number of carbonyl (C=O) groups is 1. The Morgan fingerprint density at radius 3 is 2.70 bits per heavy atom. The molecule has 8 nitrogen and oxygen atoms in total. The van der Waals surface area contributed by atoms with Crippen LogP contribution in [0.15, 0.2) is 11.0 Å². The molecule has 2 atom stereocenters. The smallest absolute Gasteiger partial charge is 0.341 e. The van der Waals surface area contributed by atoms with Gasteiger partial charge in [0.15, 0.2) is 17.3 Å². The number of fused-ring (bicyclic) bond motifs is 2. The Labute approximate surface area is 171 Å². The number of nitrogens with zero attached hydrogens (tertiary/aromatic N) is 2. The number of benzene rings is 1. The third-order valence-corrected chi connectivity index (χ3v) is 6.61. The van der Waals surface area contributed by atoms with Gasteiger partial charge in [0.2, 0.25) is 5.43 Å². The minimum absolute atomic E-state index is 0.0133. The van der Waals surface area contributed by atoms with Gasteiger partial charge in [-0.1, -0.05) is 0 Å². The largest absolute Gasteiger partial charge is 0.504 e. The van der Waals surface area contributed by atoms with Crippen LogP contribution in [0.1, 0.15) is 42.1 Å². The fourth-order valence-electron chi connectivity index (χ4n) is 5.02. The van der Waals surface area contributed by atoms with Gasteiger partial charge in [-0.15, -0.1) is 0 Å². The average molecular weight is 417 g/mol. The highest BCUT2D eigenvalue weighted by Crippen LogP contribution is 2.48. The SMILES string of the molecule is COc1c(N2C[C@@H]3CCCN[C@@H]3C2)c(F)c(O)c2c(=O)c(C(=O)O)cn(C3CC3)c12. The van der Waals surface area contributed by atoms with Gasteiger partial charge in [-0.3, -0.25) is 4.79 Å². The normalized spacial score (nSPS) is 23.6. The predicted molar refractivity (Wildman–Crippen MR) is 108 cm³/mol. The molecule has 30 heavy (non-hydrogen) atoms. The lowest BCUT2D eigenvalue weighted by molar-refractivity contribution is 0.0695. The molecule has 1 saturated carbocycles. The Morgan fingerprint density at radius 1 is 1.30 bits per heavy atom. The number of pyridine rings is 1. The zero-order valence-corrected chi connectivity index (χ0v) is 16.7. The molecule has 2 saturated heterocycles. The van der Waals surface area contributed by atoms with E-state index < -0.39 is 28.5 Å². The van der Waals surface area contributed by atoms with E-state index in [0.717, 1.165) is 32.2 Å². The summed E-state index contributed by atoms with van der Waals surface area (Å²) in [6.07, 6.45) is 5.03. The van der Waals surface area contributed by atoms with Crippen molar-refractivity contribution in [2.24, 2.45) is 5.92 Å². The Kier molecular flexibility index (Phi) is 4.39. The molecule has 5 rings (SSSR count). The number of methoxy groups -OCH3 is 1. The first-order valence-electron chi connectivity index (χ1n) is 10.3. The molecule has 2 aromatic rings. The van der Waals surface area contributed by atoms with Crippen LogP contribution >= 0.6 is 0 Å². The van der Waals surface area contributed by atoms with Gasteiger partial charge in [0.05, 0.1) is 12.5 Å². The number of phenols is 1. The lowest BCUT2D eigenvalue weighted by Gasteiger charge is -2.25. The van der Waals surface area contributed by atoms with Crippen molar-refractivity contribution >= 4 is 22.6 Å². The van der Waals surface area contributed by atoms with Gasteiger partial charge in [-0.05, 0) is 38.1 Å². The summed E-state index contributed by atoms with van der Waals surface area (Å²) in [4.78, 5) is 26.3. The van der Waals surface area contributed by atoms with Gasteiger partial charge in [0.1, 0.15) is 16.8 Å². The van der Waals surface area contributed by atoms with Crippen molar-refractivity contribution in [2.75, 3.05) is 31.6 Å². The van der Waals surface area contributed by atoms with Crippen LogP contribution in [-0.4, -0.2) is 53.5 Å². The number of halogens is 1. The lowest BCUT2D eigenvalue weighted by atomic mass is 9.94. The number of aromatic nitrogens is 1. The summed E-state index contributed by atoms with van der Waals surface area (Å²) in [5, 5.41) is 23.3. The van der Waals surface area contributed by atoms with Gasteiger partial charge in [-0.2, -0.15) is 0 Å². The molecule has 0 amide bonds. The molecular weight excluding hydrogens is 393 g/mol. The van der Waals surface area contributed by atoms with Crippen molar-refractivity contribution in [3.05, 3.63) is 27.8 Å². The van der Waals surface area contributed by atoms with Crippen LogP contribution in [0.3, 0.4) is 0 Å². The van der Waals surface area contributed by atoms with E-state index in [0.29, 0.717) is 19.0 Å². The maximum atomic E-state index is 15.5. The van der Waals surface area contributed by atoms with E-state index in [1.165, 1.54) is 13.3 Å². The first-order valence-corrected chi connectivity index (χ1v) is 10.3. The number of piperidine rings is 1. The molecule has 3 heterocycles. The second kappa shape index (κ2) is 6.87. The van der Waals surface area contributed by atoms with Crippen LogP contribution < -0.4 is 20.4 Å². The van der Waals surface area contributed by atoms with E-state index in [-0.39, 0.29) is 34.4 Å². The lowest BCUT2D eigenvalue weighted by Crippen LogP contribution is -2.40. The number of rotatable bonds is 4. The maximum Gasteiger partial charge on any atom is 0.341 e. The van der Waals surface area contributed by atoms with Crippen LogP contribution in [0, 0.1) is 11.7 Å². The molecule has 0 bridgehead atoms. The van der Waals surface area contributed by atoms with Crippen LogP contribution in [0.4, 0.5) is 10.1 Å². The molecule has 0 unspecified atom stereocenters. The molecule has 1 aromatic heterocycles. The standard InChI is InChI=1S/C21H24FN3O5/c1-30-20-16-14(18(26)12(21(28)29)8-25(16)11-4-5-11)19(27)15(22)17(20)24-7-10-3-2-6-23-13(10)9-24/h8,10-11,13,23,27H,2-7,9H2,1H3,(H,28,29)/t10-,13+/m0/s1. The molecule has 3 N–H and O–H groups in total. The first kappa shape index (κ1) is 19.2. The topological polar surface area (TPSA) is 104 Å². The van der Waals surface area contributed by atoms with E-state index in [2.05, 4.69) is 5.32 Å². The highest BCUT2D eigenvalue weighted by Gasteiger charge is 2.39. The molecule has 2 aliphatic heterocycles. The minimum atomic E-state index is -1.41. The summed E-state index contributed by atoms with van der Waals surface area (Å²) in [6.45, 7) is 2.12. The molecule has 0 spiro atoms. The van der Waals surface area contributed by atoms with Crippen LogP contribution in [0.5, 0.6) is 11.5 Å². The van der Waals surface area contributed by atoms with Gasteiger partial charge >= 0.3 is 5.97 Å². The quantitative estimate of drug-likeness (QED) is 0.700. The summed E-state index contributed by atoms with van der Waals surface area (Å²) in [5.74, 6) is -2.62. The molecule has 1 aromatic carbocycles. The van der Waals surface area contributed by atoms with Crippen molar-refractivity contribution in [1.29, 1.82) is 0 Å². The number of hydrogen-bond acceptors (Lipinski definition) is 6. The Balaban J connectivity index is 1.78.